The van der Waals surface area contributed by atoms with Crippen LogP contribution in [0, 0.1) is 0 Å². The van der Waals surface area contributed by atoms with E-state index in [1.165, 1.54) is 31.2 Å². The molecule has 0 radical (unpaired) electrons. The molecule has 6 nitrogen and oxygen atoms in total. The van der Waals surface area contributed by atoms with Crippen LogP contribution in [0.25, 0.3) is 6.08 Å². The zero-order valence-electron chi connectivity index (χ0n) is 10.8. The van der Waals surface area contributed by atoms with Crippen LogP contribution in [-0.4, -0.2) is 42.5 Å². The highest BCUT2D eigenvalue weighted by Gasteiger charge is 2.38. The van der Waals surface area contributed by atoms with Gasteiger partial charge in [-0.3, -0.25) is 9.69 Å². The molecule has 0 spiro atoms. The molecule has 110 valence electrons. The molecular formula is C13H11NO5S2. The van der Waals surface area contributed by atoms with Gasteiger partial charge in [-0.2, -0.15) is 0 Å². The summed E-state index contributed by atoms with van der Waals surface area (Å²) in [5.41, 5.74) is 0.494. The van der Waals surface area contributed by atoms with Crippen LogP contribution in [0.4, 0.5) is 0 Å². The second-order valence-corrected chi connectivity index (χ2v) is 5.99. The first-order valence-corrected chi connectivity index (χ1v) is 7.05. The van der Waals surface area contributed by atoms with E-state index in [9.17, 15) is 19.8 Å². The maximum Gasteiger partial charge on any atom is 0.326 e. The van der Waals surface area contributed by atoms with Crippen molar-refractivity contribution in [2.75, 3.05) is 0 Å². The van der Waals surface area contributed by atoms with E-state index >= 15 is 0 Å². The van der Waals surface area contributed by atoms with Gasteiger partial charge in [-0.25, -0.2) is 4.79 Å². The number of hydrogen-bond acceptors (Lipinski definition) is 6. The lowest BCUT2D eigenvalue weighted by molar-refractivity contribution is -0.144. The van der Waals surface area contributed by atoms with E-state index in [4.69, 9.17) is 17.3 Å². The monoisotopic (exact) mass is 325 g/mol. The van der Waals surface area contributed by atoms with Crippen molar-refractivity contribution < 1.29 is 24.9 Å². The molecule has 3 N–H and O–H groups in total. The van der Waals surface area contributed by atoms with Crippen LogP contribution >= 0.6 is 24.0 Å². The van der Waals surface area contributed by atoms with Gasteiger partial charge in [0.25, 0.3) is 5.91 Å². The highest BCUT2D eigenvalue weighted by atomic mass is 32.2. The molecule has 1 aromatic carbocycles. The Labute approximate surface area is 129 Å². The van der Waals surface area contributed by atoms with E-state index in [0.29, 0.717) is 5.56 Å². The molecule has 1 heterocycles. The third-order valence-corrected chi connectivity index (χ3v) is 4.20. The molecule has 1 fully saturated rings. The molecular weight excluding hydrogens is 314 g/mol. The van der Waals surface area contributed by atoms with E-state index in [2.05, 4.69) is 0 Å². The Bertz CT molecular complexity index is 671. The predicted octanol–water partition coefficient (Wildman–Crippen LogP) is 1.77. The molecule has 1 aliphatic rings. The summed E-state index contributed by atoms with van der Waals surface area (Å²) in [5, 5.41) is 27.6. The third kappa shape index (κ3) is 3.01. The van der Waals surface area contributed by atoms with Crippen molar-refractivity contribution >= 4 is 46.3 Å². The summed E-state index contributed by atoms with van der Waals surface area (Å²) in [6.07, 6.45) is 1.48. The quantitative estimate of drug-likeness (QED) is 0.442. The molecule has 0 bridgehead atoms. The number of aliphatic carboxylic acids is 1. The molecule has 8 heteroatoms. The van der Waals surface area contributed by atoms with Gasteiger partial charge < -0.3 is 15.3 Å². The first-order valence-electron chi connectivity index (χ1n) is 5.83. The number of hydrogen-bond donors (Lipinski definition) is 3. The van der Waals surface area contributed by atoms with Crippen LogP contribution in [0.5, 0.6) is 11.5 Å². The molecule has 1 aromatic rings. The lowest BCUT2D eigenvalue weighted by Gasteiger charge is -2.18. The van der Waals surface area contributed by atoms with Gasteiger partial charge in [-0.15, -0.1) is 0 Å². The number of phenolic OH excluding ortho intramolecular Hbond substituents is 2. The smallest absolute Gasteiger partial charge is 0.326 e. The van der Waals surface area contributed by atoms with Crippen molar-refractivity contribution in [3.8, 4) is 11.5 Å². The number of carboxylic acids is 1. The highest BCUT2D eigenvalue weighted by molar-refractivity contribution is 8.26. The van der Waals surface area contributed by atoms with Crippen molar-refractivity contribution in [1.82, 2.24) is 4.90 Å². The average molecular weight is 325 g/mol. The summed E-state index contributed by atoms with van der Waals surface area (Å²) in [7, 11) is 0. The Morgan fingerprint density at radius 3 is 2.62 bits per heavy atom. The SMILES string of the molecule is CC(C(=O)O)N1C(=O)C(=Cc2ccc(O)c(O)c2)SC1=S. The Morgan fingerprint density at radius 2 is 2.05 bits per heavy atom. The maximum absolute atomic E-state index is 12.2. The lowest BCUT2D eigenvalue weighted by atomic mass is 10.2. The van der Waals surface area contributed by atoms with Crippen LogP contribution < -0.4 is 0 Å². The fourth-order valence-corrected chi connectivity index (χ4v) is 3.12. The molecule has 1 unspecified atom stereocenters. The number of thiocarbonyl (C=S) groups is 1. The standard InChI is InChI=1S/C13H11NO5S2/c1-6(12(18)19)14-11(17)10(21-13(14)20)5-7-2-3-8(15)9(16)4-7/h2-6,15-16H,1H3,(H,18,19). The van der Waals surface area contributed by atoms with Gasteiger partial charge in [-0.1, -0.05) is 30.0 Å². The molecule has 21 heavy (non-hydrogen) atoms. The predicted molar refractivity (Wildman–Crippen MR) is 81.9 cm³/mol. The molecule has 1 saturated heterocycles. The van der Waals surface area contributed by atoms with Gasteiger partial charge in [0.1, 0.15) is 10.4 Å². The summed E-state index contributed by atoms with van der Waals surface area (Å²) < 4.78 is 0.171. The minimum atomic E-state index is -1.14. The molecule has 0 aromatic heterocycles. The number of nitrogens with zero attached hydrogens (tertiary/aromatic N) is 1. The number of benzene rings is 1. The Balaban J connectivity index is 2.32. The maximum atomic E-state index is 12.2. The molecule has 1 amide bonds. The normalized spacial score (nSPS) is 18.3. The van der Waals surface area contributed by atoms with Crippen molar-refractivity contribution in [1.29, 1.82) is 0 Å². The molecule has 1 aliphatic heterocycles. The lowest BCUT2D eigenvalue weighted by Crippen LogP contribution is -2.41. The molecule has 1 atom stereocenters. The van der Waals surface area contributed by atoms with Crippen LogP contribution in [-0.2, 0) is 9.59 Å². The molecule has 0 aliphatic carbocycles. The second kappa shape index (κ2) is 5.74. The minimum Gasteiger partial charge on any atom is -0.504 e. The number of carbonyl (C=O) groups is 2. The van der Waals surface area contributed by atoms with Gasteiger partial charge in [0, 0.05) is 0 Å². The Kier molecular flexibility index (Phi) is 4.19. The summed E-state index contributed by atoms with van der Waals surface area (Å²) in [6, 6.07) is 3.06. The van der Waals surface area contributed by atoms with Crippen molar-refractivity contribution in [3.05, 3.63) is 28.7 Å². The van der Waals surface area contributed by atoms with Crippen molar-refractivity contribution in [2.45, 2.75) is 13.0 Å². The summed E-state index contributed by atoms with van der Waals surface area (Å²) >= 11 is 6.02. The van der Waals surface area contributed by atoms with E-state index in [0.717, 1.165) is 16.7 Å². The summed E-state index contributed by atoms with van der Waals surface area (Å²) in [5.74, 6) is -2.21. The van der Waals surface area contributed by atoms with Gasteiger partial charge in [0.2, 0.25) is 0 Å². The molecule has 0 saturated carbocycles. The van der Waals surface area contributed by atoms with Gasteiger partial charge >= 0.3 is 5.97 Å². The van der Waals surface area contributed by atoms with E-state index in [-0.39, 0.29) is 20.7 Å². The third-order valence-electron chi connectivity index (χ3n) is 2.87. The van der Waals surface area contributed by atoms with Crippen LogP contribution in [0.1, 0.15) is 12.5 Å². The minimum absolute atomic E-state index is 0.171. The fourth-order valence-electron chi connectivity index (χ4n) is 1.71. The number of phenols is 2. The first kappa shape index (κ1) is 15.3. The van der Waals surface area contributed by atoms with Crippen molar-refractivity contribution in [2.24, 2.45) is 0 Å². The zero-order chi connectivity index (χ0) is 15.7. The van der Waals surface area contributed by atoms with Crippen LogP contribution in [0.15, 0.2) is 23.1 Å². The second-order valence-electron chi connectivity index (χ2n) is 4.31. The van der Waals surface area contributed by atoms with Gasteiger partial charge in [0.15, 0.2) is 11.5 Å². The van der Waals surface area contributed by atoms with E-state index < -0.39 is 17.9 Å². The van der Waals surface area contributed by atoms with Gasteiger partial charge in [0.05, 0.1) is 4.91 Å². The topological polar surface area (TPSA) is 98.1 Å². The summed E-state index contributed by atoms with van der Waals surface area (Å²) in [6.45, 7) is 1.38. The van der Waals surface area contributed by atoms with Crippen molar-refractivity contribution in [3.63, 3.8) is 0 Å². The largest absolute Gasteiger partial charge is 0.504 e. The Morgan fingerprint density at radius 1 is 1.38 bits per heavy atom. The number of carbonyl (C=O) groups excluding carboxylic acids is 1. The zero-order valence-corrected chi connectivity index (χ0v) is 12.4. The highest BCUT2D eigenvalue weighted by Crippen LogP contribution is 2.35. The number of carboxylic acid groups (broad SMARTS) is 1. The fraction of sp³-hybridized carbons (Fsp3) is 0.154. The van der Waals surface area contributed by atoms with Crippen LogP contribution in [0.2, 0.25) is 0 Å². The van der Waals surface area contributed by atoms with E-state index in [1.54, 1.807) is 0 Å². The number of amides is 1. The average Bonchev–Trinajstić information content (AvgIpc) is 2.68. The summed E-state index contributed by atoms with van der Waals surface area (Å²) in [4.78, 5) is 24.5. The molecule has 2 rings (SSSR count). The first-order chi connectivity index (χ1) is 9.81. The van der Waals surface area contributed by atoms with E-state index in [1.807, 2.05) is 0 Å². The van der Waals surface area contributed by atoms with Gasteiger partial charge in [-0.05, 0) is 30.7 Å². The number of aromatic hydroxyl groups is 2. The number of rotatable bonds is 3. The Hall–Kier alpha value is -2.06. The number of thioether (sulfide) groups is 1. The van der Waals surface area contributed by atoms with Crippen LogP contribution in [0.3, 0.4) is 0 Å².